The summed E-state index contributed by atoms with van der Waals surface area (Å²) in [4.78, 5) is 12.5. The highest BCUT2D eigenvalue weighted by molar-refractivity contribution is 5.87. The molecule has 0 unspecified atom stereocenters. The molecule has 0 radical (unpaired) electrons. The van der Waals surface area contributed by atoms with Crippen LogP contribution >= 0.6 is 0 Å². The van der Waals surface area contributed by atoms with E-state index in [1.807, 2.05) is 38.1 Å². The van der Waals surface area contributed by atoms with Gasteiger partial charge in [0.05, 0.1) is 12.5 Å². The fourth-order valence-electron chi connectivity index (χ4n) is 2.37. The largest absolute Gasteiger partial charge is 0.497 e. The van der Waals surface area contributed by atoms with Crippen molar-refractivity contribution in [3.63, 3.8) is 0 Å². The number of methoxy groups -OCH3 is 1. The van der Waals surface area contributed by atoms with Gasteiger partial charge in [-0.3, -0.25) is 4.79 Å². The van der Waals surface area contributed by atoms with Gasteiger partial charge in [-0.15, -0.1) is 0 Å². The topological polar surface area (TPSA) is 38.3 Å². The highest BCUT2D eigenvalue weighted by Gasteiger charge is 2.29. The minimum atomic E-state index is -0.665. The van der Waals surface area contributed by atoms with Crippen molar-refractivity contribution in [2.24, 2.45) is 0 Å². The van der Waals surface area contributed by atoms with Crippen molar-refractivity contribution in [3.05, 3.63) is 65.5 Å². The van der Waals surface area contributed by atoms with Gasteiger partial charge in [0.25, 0.3) is 0 Å². The zero-order chi connectivity index (χ0) is 16.9. The van der Waals surface area contributed by atoms with Crippen molar-refractivity contribution in [2.75, 3.05) is 13.7 Å². The third kappa shape index (κ3) is 4.09. The second kappa shape index (κ2) is 7.27. The molecule has 1 N–H and O–H groups in total. The van der Waals surface area contributed by atoms with Crippen molar-refractivity contribution >= 4 is 5.91 Å². The lowest BCUT2D eigenvalue weighted by atomic mass is 9.83. The quantitative estimate of drug-likeness (QED) is 0.886. The van der Waals surface area contributed by atoms with Crippen LogP contribution in [0.3, 0.4) is 0 Å². The maximum absolute atomic E-state index is 13.6. The summed E-state index contributed by atoms with van der Waals surface area (Å²) >= 11 is 0. The molecular formula is C19H22FNO2. The number of carbonyl (C=O) groups is 1. The van der Waals surface area contributed by atoms with Crippen LogP contribution in [0, 0.1) is 5.82 Å². The Morgan fingerprint density at radius 3 is 2.39 bits per heavy atom. The van der Waals surface area contributed by atoms with E-state index >= 15 is 0 Å². The van der Waals surface area contributed by atoms with E-state index in [9.17, 15) is 9.18 Å². The first-order valence-corrected chi connectivity index (χ1v) is 7.61. The van der Waals surface area contributed by atoms with Crippen LogP contribution in [-0.2, 0) is 16.6 Å². The molecule has 0 heterocycles. The summed E-state index contributed by atoms with van der Waals surface area (Å²) in [6.07, 6.45) is 0.469. The third-order valence-electron chi connectivity index (χ3n) is 4.02. The van der Waals surface area contributed by atoms with E-state index in [4.69, 9.17) is 4.74 Å². The normalized spacial score (nSPS) is 11.1. The van der Waals surface area contributed by atoms with Crippen molar-refractivity contribution in [2.45, 2.75) is 25.7 Å². The molecule has 0 aliphatic rings. The summed E-state index contributed by atoms with van der Waals surface area (Å²) < 4.78 is 18.7. The summed E-state index contributed by atoms with van der Waals surface area (Å²) in [5.41, 5.74) is 0.846. The van der Waals surface area contributed by atoms with Gasteiger partial charge in [0.1, 0.15) is 11.6 Å². The lowest BCUT2D eigenvalue weighted by Crippen LogP contribution is -2.40. The lowest BCUT2D eigenvalue weighted by Gasteiger charge is -2.24. The molecule has 0 aliphatic heterocycles. The molecule has 0 bridgehead atoms. The van der Waals surface area contributed by atoms with Crippen LogP contribution in [0.5, 0.6) is 5.75 Å². The molecule has 4 heteroatoms. The van der Waals surface area contributed by atoms with Crippen LogP contribution in [0.1, 0.15) is 25.0 Å². The molecule has 2 aromatic carbocycles. The zero-order valence-electron chi connectivity index (χ0n) is 13.7. The molecule has 2 rings (SSSR count). The first kappa shape index (κ1) is 17.0. The van der Waals surface area contributed by atoms with Crippen LogP contribution < -0.4 is 10.1 Å². The Labute approximate surface area is 136 Å². The first-order chi connectivity index (χ1) is 10.9. The van der Waals surface area contributed by atoms with Gasteiger partial charge in [-0.25, -0.2) is 4.39 Å². The lowest BCUT2D eigenvalue weighted by molar-refractivity contribution is -0.125. The van der Waals surface area contributed by atoms with Gasteiger partial charge >= 0.3 is 0 Å². The van der Waals surface area contributed by atoms with Gasteiger partial charge in [0, 0.05) is 6.54 Å². The Hall–Kier alpha value is -2.36. The van der Waals surface area contributed by atoms with E-state index in [2.05, 4.69) is 5.32 Å². The van der Waals surface area contributed by atoms with Gasteiger partial charge < -0.3 is 10.1 Å². The van der Waals surface area contributed by atoms with E-state index in [0.29, 0.717) is 18.5 Å². The summed E-state index contributed by atoms with van der Waals surface area (Å²) in [6, 6.07) is 14.1. The number of carbonyl (C=O) groups excluding carboxylic acids is 1. The molecule has 23 heavy (non-hydrogen) atoms. The number of hydrogen-bond donors (Lipinski definition) is 1. The van der Waals surface area contributed by atoms with Crippen molar-refractivity contribution < 1.29 is 13.9 Å². The van der Waals surface area contributed by atoms with E-state index in [0.717, 1.165) is 11.3 Å². The standard InChI is InChI=1S/C19H22FNO2/c1-19(2,15-8-10-16(23-3)11-9-15)18(22)21-13-12-14-6-4-5-7-17(14)20/h4-11H,12-13H2,1-3H3,(H,21,22). The van der Waals surface area contributed by atoms with Gasteiger partial charge in [0.15, 0.2) is 0 Å². The van der Waals surface area contributed by atoms with Gasteiger partial charge in [-0.2, -0.15) is 0 Å². The number of halogens is 1. The van der Waals surface area contributed by atoms with Gasteiger partial charge in [-0.05, 0) is 49.6 Å². The predicted octanol–water partition coefficient (Wildman–Crippen LogP) is 3.47. The Balaban J connectivity index is 1.97. The Morgan fingerprint density at radius 2 is 1.78 bits per heavy atom. The molecule has 0 saturated carbocycles. The highest BCUT2D eigenvalue weighted by Crippen LogP contribution is 2.25. The fraction of sp³-hybridized carbons (Fsp3) is 0.316. The maximum atomic E-state index is 13.6. The second-order valence-corrected chi connectivity index (χ2v) is 5.95. The molecule has 0 aromatic heterocycles. The van der Waals surface area contributed by atoms with Crippen LogP contribution in [0.15, 0.2) is 48.5 Å². The van der Waals surface area contributed by atoms with Gasteiger partial charge in [0.2, 0.25) is 5.91 Å². The zero-order valence-corrected chi connectivity index (χ0v) is 13.7. The van der Waals surface area contributed by atoms with Crippen LogP contribution in [0.25, 0.3) is 0 Å². The molecule has 0 spiro atoms. The molecule has 0 saturated heterocycles. The van der Waals surface area contributed by atoms with Gasteiger partial charge in [-0.1, -0.05) is 30.3 Å². The van der Waals surface area contributed by atoms with Crippen LogP contribution in [-0.4, -0.2) is 19.6 Å². The third-order valence-corrected chi connectivity index (χ3v) is 4.02. The molecule has 0 atom stereocenters. The van der Waals surface area contributed by atoms with Crippen molar-refractivity contribution in [3.8, 4) is 5.75 Å². The number of hydrogen-bond acceptors (Lipinski definition) is 2. The summed E-state index contributed by atoms with van der Waals surface area (Å²) in [6.45, 7) is 4.14. The number of amides is 1. The number of nitrogens with one attached hydrogen (secondary N) is 1. The molecule has 0 aliphatic carbocycles. The predicted molar refractivity (Wildman–Crippen MR) is 89.1 cm³/mol. The highest BCUT2D eigenvalue weighted by atomic mass is 19.1. The van der Waals surface area contributed by atoms with E-state index in [-0.39, 0.29) is 11.7 Å². The SMILES string of the molecule is COc1ccc(C(C)(C)C(=O)NCCc2ccccc2F)cc1. The smallest absolute Gasteiger partial charge is 0.230 e. The summed E-state index contributed by atoms with van der Waals surface area (Å²) in [7, 11) is 1.61. The Morgan fingerprint density at radius 1 is 1.13 bits per heavy atom. The monoisotopic (exact) mass is 315 g/mol. The van der Waals surface area contributed by atoms with E-state index in [1.165, 1.54) is 6.07 Å². The number of ether oxygens (including phenoxy) is 1. The Kier molecular flexibility index (Phi) is 5.37. The van der Waals surface area contributed by atoms with E-state index in [1.54, 1.807) is 25.3 Å². The fourth-order valence-corrected chi connectivity index (χ4v) is 2.37. The minimum absolute atomic E-state index is 0.0843. The molecule has 0 fully saturated rings. The van der Waals surface area contributed by atoms with Crippen molar-refractivity contribution in [1.82, 2.24) is 5.32 Å². The molecule has 2 aromatic rings. The van der Waals surface area contributed by atoms with Crippen LogP contribution in [0.2, 0.25) is 0 Å². The molecule has 1 amide bonds. The maximum Gasteiger partial charge on any atom is 0.230 e. The van der Waals surface area contributed by atoms with E-state index < -0.39 is 5.41 Å². The first-order valence-electron chi connectivity index (χ1n) is 7.61. The number of benzene rings is 2. The number of rotatable bonds is 6. The summed E-state index contributed by atoms with van der Waals surface area (Å²) in [5, 5.41) is 2.89. The van der Waals surface area contributed by atoms with Crippen molar-refractivity contribution in [1.29, 1.82) is 0 Å². The molecular weight excluding hydrogens is 293 g/mol. The minimum Gasteiger partial charge on any atom is -0.497 e. The summed E-state index contributed by atoms with van der Waals surface area (Å²) in [5.74, 6) is 0.430. The average Bonchev–Trinajstić information content (AvgIpc) is 2.56. The van der Waals surface area contributed by atoms with Crippen LogP contribution in [0.4, 0.5) is 4.39 Å². The molecule has 122 valence electrons. The molecule has 3 nitrogen and oxygen atoms in total. The average molecular weight is 315 g/mol. The Bertz CT molecular complexity index is 665. The second-order valence-electron chi connectivity index (χ2n) is 5.95.